The Kier molecular flexibility index (Phi) is 4.01. The van der Waals surface area contributed by atoms with Gasteiger partial charge in [0, 0.05) is 31.8 Å². The van der Waals surface area contributed by atoms with Gasteiger partial charge in [0.05, 0.1) is 11.6 Å². The fraction of sp³-hybridized carbons (Fsp3) is 0.375. The van der Waals surface area contributed by atoms with Gasteiger partial charge in [-0.15, -0.1) is 0 Å². The third-order valence-corrected chi connectivity index (χ3v) is 3.79. The number of para-hydroxylation sites is 1. The molecule has 0 saturated carbocycles. The molecule has 2 heterocycles. The predicted molar refractivity (Wildman–Crippen MR) is 79.2 cm³/mol. The van der Waals surface area contributed by atoms with E-state index in [0.717, 1.165) is 23.9 Å². The van der Waals surface area contributed by atoms with Crippen molar-refractivity contribution in [2.45, 2.75) is 12.5 Å². The fourth-order valence-corrected chi connectivity index (χ4v) is 2.57. The number of benzene rings is 1. The van der Waals surface area contributed by atoms with E-state index in [2.05, 4.69) is 4.98 Å². The smallest absolute Gasteiger partial charge is 0.260 e. The van der Waals surface area contributed by atoms with Crippen LogP contribution in [0.1, 0.15) is 6.42 Å². The van der Waals surface area contributed by atoms with Crippen molar-refractivity contribution in [2.24, 2.45) is 0 Å². The number of ether oxygens (including phenoxy) is 2. The van der Waals surface area contributed by atoms with Gasteiger partial charge in [-0.2, -0.15) is 0 Å². The van der Waals surface area contributed by atoms with Crippen molar-refractivity contribution < 1.29 is 14.3 Å². The van der Waals surface area contributed by atoms with Crippen LogP contribution in [-0.2, 0) is 9.53 Å². The molecule has 1 aliphatic heterocycles. The lowest BCUT2D eigenvalue weighted by Gasteiger charge is -2.16. The average Bonchev–Trinajstić information content (AvgIpc) is 3.01. The zero-order valence-corrected chi connectivity index (χ0v) is 12.0. The number of amides is 1. The molecular formula is C16H18N2O3. The van der Waals surface area contributed by atoms with Crippen LogP contribution in [0.15, 0.2) is 36.5 Å². The second-order valence-electron chi connectivity index (χ2n) is 5.10. The van der Waals surface area contributed by atoms with E-state index in [4.69, 9.17) is 9.47 Å². The normalized spacial score (nSPS) is 18.1. The molecule has 1 aromatic carbocycles. The summed E-state index contributed by atoms with van der Waals surface area (Å²) >= 11 is 0. The highest BCUT2D eigenvalue weighted by Crippen LogP contribution is 2.23. The molecular weight excluding hydrogens is 268 g/mol. The molecule has 0 radical (unpaired) electrons. The van der Waals surface area contributed by atoms with Crippen LogP contribution in [0.3, 0.4) is 0 Å². The standard InChI is InChI=1S/C16H18N2O3/c1-20-12-7-9-18(10-12)16(19)11-21-15-6-8-17-14-5-3-2-4-13(14)15/h2-6,8,12H,7,9-11H2,1H3. The van der Waals surface area contributed by atoms with Crippen LogP contribution in [0.4, 0.5) is 0 Å². The highest BCUT2D eigenvalue weighted by Gasteiger charge is 2.26. The van der Waals surface area contributed by atoms with Crippen LogP contribution in [0.2, 0.25) is 0 Å². The van der Waals surface area contributed by atoms with Crippen LogP contribution < -0.4 is 4.74 Å². The molecule has 1 amide bonds. The average molecular weight is 286 g/mol. The van der Waals surface area contributed by atoms with Crippen molar-refractivity contribution in [1.82, 2.24) is 9.88 Å². The lowest BCUT2D eigenvalue weighted by molar-refractivity contribution is -0.132. The fourth-order valence-electron chi connectivity index (χ4n) is 2.57. The van der Waals surface area contributed by atoms with Crippen molar-refractivity contribution in [3.63, 3.8) is 0 Å². The Morgan fingerprint density at radius 2 is 2.24 bits per heavy atom. The molecule has 0 N–H and O–H groups in total. The van der Waals surface area contributed by atoms with Gasteiger partial charge in [0.15, 0.2) is 6.61 Å². The van der Waals surface area contributed by atoms with Crippen LogP contribution >= 0.6 is 0 Å². The number of carbonyl (C=O) groups is 1. The molecule has 3 rings (SSSR count). The molecule has 21 heavy (non-hydrogen) atoms. The van der Waals surface area contributed by atoms with Gasteiger partial charge < -0.3 is 14.4 Å². The molecule has 1 unspecified atom stereocenters. The van der Waals surface area contributed by atoms with Gasteiger partial charge in [0.1, 0.15) is 5.75 Å². The first kappa shape index (κ1) is 13.8. The number of methoxy groups -OCH3 is 1. The van der Waals surface area contributed by atoms with E-state index in [-0.39, 0.29) is 18.6 Å². The second kappa shape index (κ2) is 6.10. The van der Waals surface area contributed by atoms with E-state index in [0.29, 0.717) is 12.3 Å². The summed E-state index contributed by atoms with van der Waals surface area (Å²) in [6.45, 7) is 1.43. The topological polar surface area (TPSA) is 51.7 Å². The first-order valence-corrected chi connectivity index (χ1v) is 7.05. The molecule has 2 aromatic rings. The second-order valence-corrected chi connectivity index (χ2v) is 5.10. The van der Waals surface area contributed by atoms with Gasteiger partial charge in [0.25, 0.3) is 5.91 Å². The maximum Gasteiger partial charge on any atom is 0.260 e. The lowest BCUT2D eigenvalue weighted by Crippen LogP contribution is -2.33. The molecule has 0 bridgehead atoms. The van der Waals surface area contributed by atoms with Crippen molar-refractivity contribution in [2.75, 3.05) is 26.8 Å². The number of nitrogens with zero attached hydrogens (tertiary/aromatic N) is 2. The minimum absolute atomic E-state index is 0.00422. The summed E-state index contributed by atoms with van der Waals surface area (Å²) in [5.74, 6) is 0.687. The molecule has 1 atom stereocenters. The predicted octanol–water partition coefficient (Wildman–Crippen LogP) is 1.86. The number of fused-ring (bicyclic) bond motifs is 1. The number of carbonyl (C=O) groups excluding carboxylic acids is 1. The number of hydrogen-bond donors (Lipinski definition) is 0. The molecule has 0 spiro atoms. The van der Waals surface area contributed by atoms with Crippen molar-refractivity contribution >= 4 is 16.8 Å². The number of rotatable bonds is 4. The van der Waals surface area contributed by atoms with Gasteiger partial charge in [-0.25, -0.2) is 0 Å². The van der Waals surface area contributed by atoms with Gasteiger partial charge in [0.2, 0.25) is 0 Å². The van der Waals surface area contributed by atoms with Crippen LogP contribution in [-0.4, -0.2) is 48.7 Å². The van der Waals surface area contributed by atoms with Crippen LogP contribution in [0.25, 0.3) is 10.9 Å². The molecule has 1 fully saturated rings. The number of hydrogen-bond acceptors (Lipinski definition) is 4. The summed E-state index contributed by atoms with van der Waals surface area (Å²) < 4.78 is 11.0. The van der Waals surface area contributed by atoms with Crippen molar-refractivity contribution in [1.29, 1.82) is 0 Å². The minimum Gasteiger partial charge on any atom is -0.483 e. The lowest BCUT2D eigenvalue weighted by atomic mass is 10.2. The monoisotopic (exact) mass is 286 g/mol. The first-order valence-electron chi connectivity index (χ1n) is 7.05. The van der Waals surface area contributed by atoms with E-state index in [1.807, 2.05) is 24.3 Å². The number of pyridine rings is 1. The van der Waals surface area contributed by atoms with Gasteiger partial charge in [-0.05, 0) is 24.6 Å². The molecule has 0 aliphatic carbocycles. The molecule has 5 heteroatoms. The summed E-state index contributed by atoms with van der Waals surface area (Å²) in [5, 5.41) is 0.920. The summed E-state index contributed by atoms with van der Waals surface area (Å²) in [6.07, 6.45) is 2.73. The zero-order chi connectivity index (χ0) is 14.7. The van der Waals surface area contributed by atoms with Crippen molar-refractivity contribution in [3.8, 4) is 5.75 Å². The number of likely N-dealkylation sites (tertiary alicyclic amines) is 1. The number of aromatic nitrogens is 1. The Morgan fingerprint density at radius 3 is 3.05 bits per heavy atom. The van der Waals surface area contributed by atoms with Crippen LogP contribution in [0, 0.1) is 0 Å². The summed E-state index contributed by atoms with van der Waals surface area (Å²) in [6, 6.07) is 9.52. The maximum absolute atomic E-state index is 12.1. The quantitative estimate of drug-likeness (QED) is 0.861. The summed E-state index contributed by atoms with van der Waals surface area (Å²) in [4.78, 5) is 18.2. The third-order valence-electron chi connectivity index (χ3n) is 3.79. The first-order chi connectivity index (χ1) is 10.3. The van der Waals surface area contributed by atoms with Crippen LogP contribution in [0.5, 0.6) is 5.75 Å². The Labute approximate surface area is 123 Å². The summed E-state index contributed by atoms with van der Waals surface area (Å²) in [7, 11) is 1.68. The Hall–Kier alpha value is -2.14. The molecule has 1 saturated heterocycles. The highest BCUT2D eigenvalue weighted by molar-refractivity contribution is 5.85. The van der Waals surface area contributed by atoms with E-state index < -0.39 is 0 Å². The molecule has 110 valence electrons. The minimum atomic E-state index is -0.00422. The Balaban J connectivity index is 1.65. The van der Waals surface area contributed by atoms with E-state index in [9.17, 15) is 4.79 Å². The molecule has 1 aromatic heterocycles. The SMILES string of the molecule is COC1CCN(C(=O)COc2ccnc3ccccc23)C1. The van der Waals surface area contributed by atoms with Gasteiger partial charge in [-0.1, -0.05) is 12.1 Å². The highest BCUT2D eigenvalue weighted by atomic mass is 16.5. The Bertz CT molecular complexity index is 639. The molecule has 1 aliphatic rings. The zero-order valence-electron chi connectivity index (χ0n) is 12.0. The Morgan fingerprint density at radius 1 is 1.38 bits per heavy atom. The van der Waals surface area contributed by atoms with Crippen molar-refractivity contribution in [3.05, 3.63) is 36.5 Å². The maximum atomic E-state index is 12.1. The van der Waals surface area contributed by atoms with E-state index in [1.165, 1.54) is 0 Å². The van der Waals surface area contributed by atoms with E-state index >= 15 is 0 Å². The van der Waals surface area contributed by atoms with Gasteiger partial charge >= 0.3 is 0 Å². The van der Waals surface area contributed by atoms with Gasteiger partial charge in [-0.3, -0.25) is 9.78 Å². The summed E-state index contributed by atoms with van der Waals surface area (Å²) in [5.41, 5.74) is 0.864. The largest absolute Gasteiger partial charge is 0.483 e. The third kappa shape index (κ3) is 2.97. The molecule has 5 nitrogen and oxygen atoms in total. The van der Waals surface area contributed by atoms with E-state index in [1.54, 1.807) is 24.3 Å².